The molecule has 11 heteroatoms. The predicted octanol–water partition coefficient (Wildman–Crippen LogP) is 6.70. The van der Waals surface area contributed by atoms with Crippen LogP contribution in [0.3, 0.4) is 0 Å². The van der Waals surface area contributed by atoms with Crippen molar-refractivity contribution in [1.82, 2.24) is 5.32 Å². The molecule has 0 saturated heterocycles. The highest BCUT2D eigenvalue weighted by Crippen LogP contribution is 2.48. The first-order chi connectivity index (χ1) is 14.6. The van der Waals surface area contributed by atoms with Crippen LogP contribution in [-0.4, -0.2) is 29.8 Å². The Morgan fingerprint density at radius 1 is 0.968 bits per heavy atom. The van der Waals surface area contributed by atoms with Gasteiger partial charge >= 0.3 is 12.1 Å². The normalized spacial score (nSPS) is 11.7. The van der Waals surface area contributed by atoms with Gasteiger partial charge in [0.2, 0.25) is 0 Å². The smallest absolute Gasteiger partial charge is 0.407 e. The van der Waals surface area contributed by atoms with Crippen LogP contribution < -0.4 is 10.1 Å². The van der Waals surface area contributed by atoms with Crippen LogP contribution in [0.1, 0.15) is 25.3 Å². The number of hydrogen-bond acceptors (Lipinski definition) is 5. The Kier molecular flexibility index (Phi) is 9.85. The van der Waals surface area contributed by atoms with Gasteiger partial charge in [-0.25, -0.2) is 9.59 Å². The minimum atomic E-state index is -1.17. The maximum Gasteiger partial charge on any atom is 0.407 e. The number of carbonyl (C=O) groups excluding carboxylic acids is 2. The molecule has 1 atom stereocenters. The van der Waals surface area contributed by atoms with Gasteiger partial charge in [-0.2, -0.15) is 0 Å². The lowest BCUT2D eigenvalue weighted by Gasteiger charge is -2.19. The number of esters is 1. The van der Waals surface area contributed by atoms with E-state index in [1.165, 1.54) is 12.1 Å². The van der Waals surface area contributed by atoms with E-state index in [2.05, 4.69) is 5.32 Å². The molecule has 0 aliphatic heterocycles. The number of amides is 1. The molecule has 6 nitrogen and oxygen atoms in total. The number of carbonyl (C=O) groups is 2. The number of nitrogens with one attached hydrogen (secondary N) is 1. The molecule has 2 N–H and O–H groups in total. The Morgan fingerprint density at radius 2 is 1.52 bits per heavy atom. The number of unbranched alkanes of at least 4 members (excludes halogenated alkanes) is 1. The van der Waals surface area contributed by atoms with Crippen molar-refractivity contribution in [2.45, 2.75) is 32.2 Å². The van der Waals surface area contributed by atoms with Gasteiger partial charge in [-0.1, -0.05) is 83.5 Å². The van der Waals surface area contributed by atoms with E-state index in [1.807, 2.05) is 6.92 Å². The van der Waals surface area contributed by atoms with Crippen LogP contribution in [0.25, 0.3) is 0 Å². The van der Waals surface area contributed by atoms with Crippen molar-refractivity contribution >= 4 is 70.1 Å². The molecular weight excluding hydrogens is 511 g/mol. The minimum absolute atomic E-state index is 0.0340. The van der Waals surface area contributed by atoms with Crippen LogP contribution in [0.15, 0.2) is 24.3 Å². The van der Waals surface area contributed by atoms with E-state index in [0.29, 0.717) is 12.0 Å². The molecular formula is C20H18Cl5NO5. The van der Waals surface area contributed by atoms with Gasteiger partial charge in [0.25, 0.3) is 0 Å². The third kappa shape index (κ3) is 6.96. The van der Waals surface area contributed by atoms with Crippen molar-refractivity contribution in [3.05, 3.63) is 54.9 Å². The molecule has 0 aromatic heterocycles. The highest BCUT2D eigenvalue weighted by atomic mass is 35.5. The maximum absolute atomic E-state index is 12.9. The van der Waals surface area contributed by atoms with E-state index in [0.717, 1.165) is 6.42 Å². The largest absolute Gasteiger partial charge is 0.508 e. The van der Waals surface area contributed by atoms with Gasteiger partial charge in [-0.15, -0.1) is 0 Å². The number of phenolic OH excluding ortho intramolecular Hbond substituents is 1. The number of aromatic hydroxyl groups is 1. The zero-order valence-corrected chi connectivity index (χ0v) is 20.0. The van der Waals surface area contributed by atoms with Gasteiger partial charge < -0.3 is 19.9 Å². The molecule has 0 saturated carbocycles. The van der Waals surface area contributed by atoms with E-state index in [1.54, 1.807) is 12.1 Å². The van der Waals surface area contributed by atoms with Crippen LogP contribution in [0.5, 0.6) is 11.5 Å². The number of alkyl carbamates (subject to hydrolysis) is 1. The van der Waals surface area contributed by atoms with Crippen LogP contribution >= 0.6 is 58.0 Å². The van der Waals surface area contributed by atoms with E-state index in [4.69, 9.17) is 67.5 Å². The summed E-state index contributed by atoms with van der Waals surface area (Å²) in [5, 5.41) is 11.1. The fraction of sp³-hybridized carbons (Fsp3) is 0.300. The van der Waals surface area contributed by atoms with Crippen LogP contribution in [0.4, 0.5) is 4.79 Å². The number of rotatable bonds is 8. The summed E-state index contributed by atoms with van der Waals surface area (Å²) >= 11 is 30.2. The summed E-state index contributed by atoms with van der Waals surface area (Å²) in [4.78, 5) is 25.0. The molecule has 0 heterocycles. The van der Waals surface area contributed by atoms with Gasteiger partial charge in [0.1, 0.15) is 21.8 Å². The fourth-order valence-corrected chi connectivity index (χ4v) is 3.60. The second-order valence-electron chi connectivity index (χ2n) is 6.38. The summed E-state index contributed by atoms with van der Waals surface area (Å²) in [6, 6.07) is 4.91. The highest BCUT2D eigenvalue weighted by Gasteiger charge is 2.28. The molecule has 2 aromatic rings. The summed E-state index contributed by atoms with van der Waals surface area (Å²) in [6.07, 6.45) is 0.750. The predicted molar refractivity (Wildman–Crippen MR) is 122 cm³/mol. The summed E-state index contributed by atoms with van der Waals surface area (Å²) in [6.45, 7) is 2.14. The zero-order chi connectivity index (χ0) is 23.1. The molecule has 0 spiro atoms. The maximum atomic E-state index is 12.9. The molecule has 0 aliphatic rings. The second-order valence-corrected chi connectivity index (χ2v) is 8.27. The summed E-state index contributed by atoms with van der Waals surface area (Å²) < 4.78 is 10.4. The minimum Gasteiger partial charge on any atom is -0.508 e. The zero-order valence-electron chi connectivity index (χ0n) is 16.2. The van der Waals surface area contributed by atoms with Crippen LogP contribution in [0, 0.1) is 0 Å². The Morgan fingerprint density at radius 3 is 2.06 bits per heavy atom. The van der Waals surface area contributed by atoms with Crippen LogP contribution in [0.2, 0.25) is 25.1 Å². The standard InChI is InChI=1S/C20H18Cl5NO5/c1-2-3-8-30-20(29)26-12(9-10-4-6-11(27)7-5-10)19(28)31-18-16(24)14(22)13(21)15(23)17(18)25/h4-7,12,27H,2-3,8-9H2,1H3,(H,26,29)/t12-/m0/s1. The number of phenols is 1. The van der Waals surface area contributed by atoms with Crippen molar-refractivity contribution in [2.24, 2.45) is 0 Å². The summed E-state index contributed by atoms with van der Waals surface area (Å²) in [5.41, 5.74) is 0.637. The summed E-state index contributed by atoms with van der Waals surface area (Å²) in [5.74, 6) is -1.12. The van der Waals surface area contributed by atoms with Gasteiger partial charge in [0.05, 0.1) is 21.7 Å². The SMILES string of the molecule is CCCCOC(=O)N[C@@H](Cc1ccc(O)cc1)C(=O)Oc1c(Cl)c(Cl)c(Cl)c(Cl)c1Cl. The molecule has 31 heavy (non-hydrogen) atoms. The average Bonchev–Trinajstić information content (AvgIpc) is 2.75. The lowest BCUT2D eigenvalue weighted by Crippen LogP contribution is -2.44. The van der Waals surface area contributed by atoms with E-state index in [-0.39, 0.29) is 49.6 Å². The van der Waals surface area contributed by atoms with Gasteiger partial charge in [-0.05, 0) is 24.1 Å². The number of benzene rings is 2. The Bertz CT molecular complexity index is 923. The molecule has 1 amide bonds. The Hall–Kier alpha value is -1.57. The Labute approximate surface area is 204 Å². The van der Waals surface area contributed by atoms with E-state index in [9.17, 15) is 14.7 Å². The van der Waals surface area contributed by atoms with E-state index < -0.39 is 18.1 Å². The van der Waals surface area contributed by atoms with Crippen molar-refractivity contribution < 1.29 is 24.2 Å². The number of halogens is 5. The fourth-order valence-electron chi connectivity index (χ4n) is 2.40. The molecule has 0 aliphatic carbocycles. The van der Waals surface area contributed by atoms with Crippen molar-refractivity contribution in [3.63, 3.8) is 0 Å². The molecule has 2 rings (SSSR count). The Balaban J connectivity index is 2.27. The van der Waals surface area contributed by atoms with E-state index >= 15 is 0 Å². The van der Waals surface area contributed by atoms with Crippen LogP contribution in [-0.2, 0) is 16.0 Å². The third-order valence-corrected chi connectivity index (χ3v) is 6.30. The lowest BCUT2D eigenvalue weighted by molar-refractivity contribution is -0.136. The molecule has 2 aromatic carbocycles. The molecule has 0 fully saturated rings. The first kappa shape index (κ1) is 25.7. The number of ether oxygens (including phenoxy) is 2. The van der Waals surface area contributed by atoms with Gasteiger partial charge in [-0.3, -0.25) is 0 Å². The molecule has 168 valence electrons. The van der Waals surface area contributed by atoms with Crippen molar-refractivity contribution in [1.29, 1.82) is 0 Å². The van der Waals surface area contributed by atoms with Gasteiger partial charge in [0.15, 0.2) is 5.75 Å². The van der Waals surface area contributed by atoms with Crippen molar-refractivity contribution in [2.75, 3.05) is 6.61 Å². The second kappa shape index (κ2) is 11.9. The molecule has 0 radical (unpaired) electrons. The number of hydrogen-bond donors (Lipinski definition) is 2. The first-order valence-corrected chi connectivity index (χ1v) is 11.0. The highest BCUT2D eigenvalue weighted by molar-refractivity contribution is 6.55. The first-order valence-electron chi connectivity index (χ1n) is 9.10. The monoisotopic (exact) mass is 527 g/mol. The van der Waals surface area contributed by atoms with Crippen molar-refractivity contribution in [3.8, 4) is 11.5 Å². The third-order valence-electron chi connectivity index (χ3n) is 4.06. The molecule has 0 unspecified atom stereocenters. The lowest BCUT2D eigenvalue weighted by atomic mass is 10.1. The average molecular weight is 530 g/mol. The quantitative estimate of drug-likeness (QED) is 0.131. The summed E-state index contributed by atoms with van der Waals surface area (Å²) in [7, 11) is 0. The van der Waals surface area contributed by atoms with Gasteiger partial charge in [0, 0.05) is 6.42 Å². The molecule has 0 bridgehead atoms. The topological polar surface area (TPSA) is 84.9 Å².